The maximum atomic E-state index is 13.2. The van der Waals surface area contributed by atoms with E-state index >= 15 is 0 Å². The smallest absolute Gasteiger partial charge is 0.229 e. The van der Waals surface area contributed by atoms with Crippen molar-refractivity contribution in [2.75, 3.05) is 7.11 Å². The van der Waals surface area contributed by atoms with Gasteiger partial charge in [0.2, 0.25) is 5.91 Å². The van der Waals surface area contributed by atoms with Gasteiger partial charge in [0.05, 0.1) is 23.6 Å². The summed E-state index contributed by atoms with van der Waals surface area (Å²) in [7, 11) is 1.69. The average molecular weight is 539 g/mol. The molecule has 0 aliphatic heterocycles. The first-order valence-electron chi connectivity index (χ1n) is 13.0. The van der Waals surface area contributed by atoms with Crippen LogP contribution in [0.2, 0.25) is 0 Å². The number of carbonyl (C=O) groups is 1. The summed E-state index contributed by atoms with van der Waals surface area (Å²) in [5, 5.41) is 4.91. The number of para-hydroxylation sites is 1. The molecule has 0 heterocycles. The first-order valence-corrected chi connectivity index (χ1v) is 14.6. The van der Waals surface area contributed by atoms with Crippen LogP contribution in [0.3, 0.4) is 0 Å². The van der Waals surface area contributed by atoms with Gasteiger partial charge in [-0.2, -0.15) is 0 Å². The molecule has 0 fully saturated rings. The van der Waals surface area contributed by atoms with Crippen LogP contribution in [0.5, 0.6) is 5.75 Å². The zero-order valence-corrected chi connectivity index (χ0v) is 25.0. The van der Waals surface area contributed by atoms with Gasteiger partial charge >= 0.3 is 0 Å². The molecule has 1 amide bonds. The van der Waals surface area contributed by atoms with Gasteiger partial charge in [-0.05, 0) is 68.9 Å². The predicted molar refractivity (Wildman–Crippen MR) is 163 cm³/mol. The lowest BCUT2D eigenvalue weighted by molar-refractivity contribution is -0.119. The molecule has 0 aliphatic carbocycles. The molecule has 37 heavy (non-hydrogen) atoms. The lowest BCUT2D eigenvalue weighted by atomic mass is 10.1. The van der Waals surface area contributed by atoms with Crippen molar-refractivity contribution in [3.8, 4) is 5.75 Å². The minimum Gasteiger partial charge on any atom is -0.496 e. The van der Waals surface area contributed by atoms with Gasteiger partial charge in [0.15, 0.2) is 0 Å². The van der Waals surface area contributed by atoms with E-state index in [0.29, 0.717) is 6.42 Å². The van der Waals surface area contributed by atoms with Crippen LogP contribution in [0, 0.1) is 6.92 Å². The number of hydrogen-bond donors (Lipinski definition) is 2. The normalized spacial score (nSPS) is 13.1. The number of unbranched alkanes of at least 4 members (excludes halogenated alkanes) is 1. The minimum absolute atomic E-state index is 0.0295. The molecule has 0 saturated carbocycles. The van der Waals surface area contributed by atoms with Gasteiger partial charge in [0, 0.05) is 15.4 Å². The SMILES string of the molecule is CCC/C=C(\N)Sc1cc(CC(=O)N/C(S/C(=C(/C)CC)c2ccccc2OC)=C(/C)CC)ccc1C. The molecule has 2 aromatic carbocycles. The highest BCUT2D eigenvalue weighted by atomic mass is 32.2. The molecule has 200 valence electrons. The van der Waals surface area contributed by atoms with Gasteiger partial charge in [-0.15, -0.1) is 0 Å². The van der Waals surface area contributed by atoms with Gasteiger partial charge in [-0.25, -0.2) is 0 Å². The highest BCUT2D eigenvalue weighted by molar-refractivity contribution is 8.11. The fourth-order valence-electron chi connectivity index (χ4n) is 3.52. The van der Waals surface area contributed by atoms with Crippen molar-refractivity contribution in [3.05, 3.63) is 86.4 Å². The summed E-state index contributed by atoms with van der Waals surface area (Å²) in [5.41, 5.74) is 11.8. The van der Waals surface area contributed by atoms with Gasteiger partial charge in [-0.1, -0.05) is 92.7 Å². The Morgan fingerprint density at radius 2 is 1.76 bits per heavy atom. The zero-order valence-electron chi connectivity index (χ0n) is 23.4. The van der Waals surface area contributed by atoms with E-state index in [1.165, 1.54) is 5.57 Å². The molecular weight excluding hydrogens is 496 g/mol. The molecule has 6 heteroatoms. The molecule has 0 unspecified atom stereocenters. The highest BCUT2D eigenvalue weighted by Gasteiger charge is 2.17. The number of benzene rings is 2. The van der Waals surface area contributed by atoms with E-state index in [4.69, 9.17) is 10.5 Å². The quantitative estimate of drug-likeness (QED) is 0.250. The molecule has 4 nitrogen and oxygen atoms in total. The number of thioether (sulfide) groups is 2. The second kappa shape index (κ2) is 15.6. The Morgan fingerprint density at radius 3 is 2.41 bits per heavy atom. The standard InChI is InChI=1S/C31H42N2O2S2/c1-8-11-16-28(32)36-27-19-24(18-17-23(27)6)20-29(34)33-31(22(5)10-3)37-30(21(4)9-2)25-14-12-13-15-26(25)35-7/h12-19H,8-11,20,32H2,1-7H3,(H,33,34)/b28-16+,30-21-,31-22+. The van der Waals surface area contributed by atoms with Crippen molar-refractivity contribution in [2.45, 2.75) is 78.5 Å². The summed E-state index contributed by atoms with van der Waals surface area (Å²) in [4.78, 5) is 15.4. The van der Waals surface area contributed by atoms with Crippen molar-refractivity contribution in [1.29, 1.82) is 0 Å². The monoisotopic (exact) mass is 538 g/mol. The molecule has 2 aromatic rings. The summed E-state index contributed by atoms with van der Waals surface area (Å²) in [6.07, 6.45) is 6.15. The van der Waals surface area contributed by atoms with E-state index < -0.39 is 0 Å². The molecule has 0 atom stereocenters. The van der Waals surface area contributed by atoms with E-state index in [1.54, 1.807) is 30.6 Å². The highest BCUT2D eigenvalue weighted by Crippen LogP contribution is 2.41. The van der Waals surface area contributed by atoms with E-state index in [9.17, 15) is 4.79 Å². The van der Waals surface area contributed by atoms with Gasteiger partial charge < -0.3 is 15.8 Å². The average Bonchev–Trinajstić information content (AvgIpc) is 2.90. The topological polar surface area (TPSA) is 64.4 Å². The molecule has 0 saturated heterocycles. The van der Waals surface area contributed by atoms with Crippen molar-refractivity contribution < 1.29 is 9.53 Å². The first kappa shape index (κ1) is 30.7. The Bertz CT molecular complexity index is 1170. The number of hydrogen-bond acceptors (Lipinski definition) is 5. The molecular formula is C31H42N2O2S2. The summed E-state index contributed by atoms with van der Waals surface area (Å²) in [5.74, 6) is 0.799. The summed E-state index contributed by atoms with van der Waals surface area (Å²) < 4.78 is 5.65. The summed E-state index contributed by atoms with van der Waals surface area (Å²) >= 11 is 3.18. The maximum Gasteiger partial charge on any atom is 0.229 e. The van der Waals surface area contributed by atoms with Gasteiger partial charge in [0.25, 0.3) is 0 Å². The molecule has 3 N–H and O–H groups in total. The molecule has 0 aliphatic rings. The number of rotatable bonds is 13. The molecule has 0 spiro atoms. The Balaban J connectivity index is 2.28. The van der Waals surface area contributed by atoms with E-state index in [-0.39, 0.29) is 5.91 Å². The maximum absolute atomic E-state index is 13.2. The third-order valence-corrected chi connectivity index (χ3v) is 8.61. The third-order valence-electron chi connectivity index (χ3n) is 6.12. The van der Waals surface area contributed by atoms with Crippen LogP contribution in [-0.2, 0) is 11.2 Å². The zero-order chi connectivity index (χ0) is 27.4. The van der Waals surface area contributed by atoms with Crippen molar-refractivity contribution >= 4 is 34.3 Å². The van der Waals surface area contributed by atoms with Crippen molar-refractivity contribution in [2.24, 2.45) is 5.73 Å². The Morgan fingerprint density at radius 1 is 1.05 bits per heavy atom. The molecule has 0 aromatic heterocycles. The second-order valence-corrected chi connectivity index (χ2v) is 11.2. The first-order chi connectivity index (χ1) is 17.7. The van der Waals surface area contributed by atoms with E-state index in [0.717, 1.165) is 73.6 Å². The van der Waals surface area contributed by atoms with Crippen LogP contribution < -0.4 is 15.8 Å². The molecule has 2 rings (SSSR count). The Hall–Kier alpha value is -2.57. The number of ether oxygens (including phenoxy) is 1. The minimum atomic E-state index is -0.0295. The number of nitrogens with two attached hydrogens (primary N) is 1. The van der Waals surface area contributed by atoms with Crippen LogP contribution in [0.25, 0.3) is 4.91 Å². The van der Waals surface area contributed by atoms with Gasteiger partial charge in [-0.3, -0.25) is 4.79 Å². The van der Waals surface area contributed by atoms with Crippen molar-refractivity contribution in [3.63, 3.8) is 0 Å². The van der Waals surface area contributed by atoms with E-state index in [1.807, 2.05) is 24.3 Å². The van der Waals surface area contributed by atoms with Gasteiger partial charge in [0.1, 0.15) is 5.75 Å². The summed E-state index contributed by atoms with van der Waals surface area (Å²) in [6, 6.07) is 14.2. The predicted octanol–water partition coefficient (Wildman–Crippen LogP) is 8.57. The number of aryl methyl sites for hydroxylation is 1. The van der Waals surface area contributed by atoms with Crippen LogP contribution >= 0.6 is 23.5 Å². The van der Waals surface area contributed by atoms with Crippen LogP contribution in [-0.4, -0.2) is 13.0 Å². The van der Waals surface area contributed by atoms with Crippen LogP contribution in [0.4, 0.5) is 0 Å². The molecule has 0 bridgehead atoms. The largest absolute Gasteiger partial charge is 0.496 e. The summed E-state index contributed by atoms with van der Waals surface area (Å²) in [6.45, 7) is 12.7. The fraction of sp³-hybridized carbons (Fsp3) is 0.387. The Kier molecular flexibility index (Phi) is 12.9. The number of carbonyl (C=O) groups excluding carboxylic acids is 1. The number of nitrogens with one attached hydrogen (secondary N) is 1. The Labute approximate surface area is 232 Å². The lowest BCUT2D eigenvalue weighted by Gasteiger charge is -2.19. The second-order valence-electron chi connectivity index (χ2n) is 9.05. The number of amides is 1. The lowest BCUT2D eigenvalue weighted by Crippen LogP contribution is -2.24. The van der Waals surface area contributed by atoms with E-state index in [2.05, 4.69) is 71.1 Å². The van der Waals surface area contributed by atoms with Crippen LogP contribution in [0.1, 0.15) is 77.0 Å². The number of allylic oxidation sites excluding steroid dienone is 3. The number of methoxy groups -OCH3 is 1. The fourth-order valence-corrected chi connectivity index (χ4v) is 5.70. The van der Waals surface area contributed by atoms with Crippen LogP contribution in [0.15, 0.2) is 74.6 Å². The molecule has 0 radical (unpaired) electrons. The van der Waals surface area contributed by atoms with Crippen molar-refractivity contribution in [1.82, 2.24) is 5.32 Å². The third kappa shape index (κ3) is 9.35.